The second-order valence-electron chi connectivity index (χ2n) is 4.82. The Labute approximate surface area is 121 Å². The van der Waals surface area contributed by atoms with Crippen LogP contribution in [0.2, 0.25) is 0 Å². The van der Waals surface area contributed by atoms with E-state index in [-0.39, 0.29) is 6.04 Å². The average molecular weight is 324 g/mol. The maximum Gasteiger partial charge on any atom is 0.165 e. The van der Waals surface area contributed by atoms with Gasteiger partial charge in [-0.25, -0.2) is 0 Å². The lowest BCUT2D eigenvalue weighted by Gasteiger charge is -2.10. The highest BCUT2D eigenvalue weighted by atomic mass is 79.9. The smallest absolute Gasteiger partial charge is 0.165 e. The fourth-order valence-corrected chi connectivity index (χ4v) is 2.45. The van der Waals surface area contributed by atoms with Gasteiger partial charge in [-0.3, -0.25) is 4.68 Å². The highest BCUT2D eigenvalue weighted by Crippen LogP contribution is 2.29. The van der Waals surface area contributed by atoms with Crippen LogP contribution in [0.15, 0.2) is 35.1 Å². The summed E-state index contributed by atoms with van der Waals surface area (Å²) in [7, 11) is 0. The Kier molecular flexibility index (Phi) is 4.27. The van der Waals surface area contributed by atoms with Crippen LogP contribution in [0.1, 0.15) is 38.4 Å². The Balaban J connectivity index is 2.16. The van der Waals surface area contributed by atoms with Crippen LogP contribution >= 0.6 is 15.9 Å². The molecule has 0 aliphatic rings. The van der Waals surface area contributed by atoms with Gasteiger partial charge in [-0.1, -0.05) is 22.0 Å². The van der Waals surface area contributed by atoms with E-state index in [1.54, 1.807) is 6.20 Å². The van der Waals surface area contributed by atoms with Crippen molar-refractivity contribution >= 4 is 15.9 Å². The highest BCUT2D eigenvalue weighted by molar-refractivity contribution is 9.10. The molecule has 2 rings (SSSR count). The lowest BCUT2D eigenvalue weighted by molar-refractivity contribution is 0.476. The minimum absolute atomic E-state index is 0.00730. The summed E-state index contributed by atoms with van der Waals surface area (Å²) in [6.45, 7) is 6.10. The van der Waals surface area contributed by atoms with Crippen LogP contribution in [0.5, 0.6) is 11.5 Å². The Morgan fingerprint density at radius 2 is 2.00 bits per heavy atom. The van der Waals surface area contributed by atoms with E-state index < -0.39 is 0 Å². The maximum atomic E-state index is 5.87. The van der Waals surface area contributed by atoms with E-state index in [9.17, 15) is 0 Å². The molecule has 4 nitrogen and oxygen atoms in total. The maximum absolute atomic E-state index is 5.87. The van der Waals surface area contributed by atoms with E-state index >= 15 is 0 Å². The molecule has 2 N–H and O–H groups in total. The molecule has 0 aliphatic carbocycles. The molecule has 1 aromatic heterocycles. The summed E-state index contributed by atoms with van der Waals surface area (Å²) < 4.78 is 8.59. The van der Waals surface area contributed by atoms with Crippen molar-refractivity contribution in [2.45, 2.75) is 32.9 Å². The zero-order valence-corrected chi connectivity index (χ0v) is 12.9. The van der Waals surface area contributed by atoms with Crippen LogP contribution < -0.4 is 10.5 Å². The summed E-state index contributed by atoms with van der Waals surface area (Å²) >= 11 is 3.51. The molecule has 19 heavy (non-hydrogen) atoms. The zero-order chi connectivity index (χ0) is 14.0. The van der Waals surface area contributed by atoms with Crippen molar-refractivity contribution in [3.8, 4) is 11.5 Å². The van der Waals surface area contributed by atoms with Crippen molar-refractivity contribution in [1.29, 1.82) is 0 Å². The summed E-state index contributed by atoms with van der Waals surface area (Å²) in [6.07, 6.45) is 3.60. The van der Waals surface area contributed by atoms with Crippen molar-refractivity contribution < 1.29 is 4.74 Å². The largest absolute Gasteiger partial charge is 0.454 e. The third-order valence-electron chi connectivity index (χ3n) is 2.81. The van der Waals surface area contributed by atoms with Crippen LogP contribution in [-0.4, -0.2) is 9.78 Å². The summed E-state index contributed by atoms with van der Waals surface area (Å²) in [5, 5.41) is 4.24. The first-order valence-corrected chi connectivity index (χ1v) is 7.03. The summed E-state index contributed by atoms with van der Waals surface area (Å²) in [5.41, 5.74) is 6.93. The fraction of sp³-hybridized carbons (Fsp3) is 0.357. The number of benzene rings is 1. The van der Waals surface area contributed by atoms with Gasteiger partial charge >= 0.3 is 0 Å². The molecule has 0 bridgehead atoms. The molecule has 0 spiro atoms. The van der Waals surface area contributed by atoms with Crippen LogP contribution in [0.4, 0.5) is 0 Å². The number of hydrogen-bond donors (Lipinski definition) is 1. The predicted octanol–water partition coefficient (Wildman–Crippen LogP) is 4.04. The van der Waals surface area contributed by atoms with Crippen LogP contribution in [-0.2, 0) is 0 Å². The van der Waals surface area contributed by atoms with Crippen LogP contribution in [0.25, 0.3) is 0 Å². The molecule has 1 unspecified atom stereocenters. The van der Waals surface area contributed by atoms with Crippen molar-refractivity contribution in [1.82, 2.24) is 9.78 Å². The van der Waals surface area contributed by atoms with E-state index in [1.165, 1.54) is 0 Å². The van der Waals surface area contributed by atoms with Gasteiger partial charge in [0.05, 0.1) is 12.4 Å². The number of nitrogens with zero attached hydrogens (tertiary/aromatic N) is 2. The molecule has 0 amide bonds. The Morgan fingerprint density at radius 1 is 1.26 bits per heavy atom. The first-order valence-electron chi connectivity index (χ1n) is 6.24. The van der Waals surface area contributed by atoms with E-state index in [4.69, 9.17) is 10.5 Å². The molecule has 0 radical (unpaired) electrons. The first kappa shape index (κ1) is 14.1. The van der Waals surface area contributed by atoms with Crippen molar-refractivity contribution in [2.75, 3.05) is 0 Å². The SMILES string of the molecule is CC(N)c1ccc(Oc2cnn(C(C)C)c2)cc1Br. The topological polar surface area (TPSA) is 53.1 Å². The minimum atomic E-state index is -0.00730. The molecule has 1 aromatic carbocycles. The second-order valence-corrected chi connectivity index (χ2v) is 5.68. The molecule has 1 atom stereocenters. The number of ether oxygens (including phenoxy) is 1. The van der Waals surface area contributed by atoms with Gasteiger partial charge in [0, 0.05) is 16.6 Å². The van der Waals surface area contributed by atoms with Crippen LogP contribution in [0.3, 0.4) is 0 Å². The quantitative estimate of drug-likeness (QED) is 0.923. The number of halogens is 1. The Bertz CT molecular complexity index is 564. The third kappa shape index (κ3) is 3.36. The van der Waals surface area contributed by atoms with Gasteiger partial charge in [0.15, 0.2) is 5.75 Å². The van der Waals surface area contributed by atoms with E-state index in [0.717, 1.165) is 21.5 Å². The molecular weight excluding hydrogens is 306 g/mol. The standard InChI is InChI=1S/C14H18BrN3O/c1-9(2)18-8-12(7-17-18)19-11-4-5-13(10(3)16)14(15)6-11/h4-10H,16H2,1-3H3. The summed E-state index contributed by atoms with van der Waals surface area (Å²) in [6, 6.07) is 6.12. The highest BCUT2D eigenvalue weighted by Gasteiger charge is 2.08. The van der Waals surface area contributed by atoms with E-state index in [2.05, 4.69) is 34.9 Å². The lowest BCUT2D eigenvalue weighted by Crippen LogP contribution is -2.05. The first-order chi connectivity index (χ1) is 8.97. The van der Waals surface area contributed by atoms with Crippen LogP contribution in [0, 0.1) is 0 Å². The fourth-order valence-electron chi connectivity index (χ4n) is 1.73. The molecular formula is C14H18BrN3O. The van der Waals surface area contributed by atoms with E-state index in [1.807, 2.05) is 36.0 Å². The number of rotatable bonds is 4. The molecule has 2 aromatic rings. The van der Waals surface area contributed by atoms with Gasteiger partial charge in [-0.05, 0) is 38.5 Å². The van der Waals surface area contributed by atoms with Crippen molar-refractivity contribution in [3.05, 3.63) is 40.6 Å². The molecule has 0 saturated carbocycles. The van der Waals surface area contributed by atoms with Crippen molar-refractivity contribution in [2.24, 2.45) is 5.73 Å². The molecule has 102 valence electrons. The van der Waals surface area contributed by atoms with Gasteiger partial charge in [0.1, 0.15) is 5.75 Å². The minimum Gasteiger partial charge on any atom is -0.454 e. The zero-order valence-electron chi connectivity index (χ0n) is 11.3. The average Bonchev–Trinajstić information content (AvgIpc) is 2.77. The molecule has 5 heteroatoms. The lowest BCUT2D eigenvalue weighted by atomic mass is 10.1. The van der Waals surface area contributed by atoms with Gasteiger partial charge in [-0.15, -0.1) is 0 Å². The number of nitrogens with two attached hydrogens (primary N) is 1. The van der Waals surface area contributed by atoms with Gasteiger partial charge in [-0.2, -0.15) is 5.10 Å². The molecule has 0 fully saturated rings. The normalized spacial score (nSPS) is 12.7. The second kappa shape index (κ2) is 5.75. The predicted molar refractivity (Wildman–Crippen MR) is 79.4 cm³/mol. The summed E-state index contributed by atoms with van der Waals surface area (Å²) in [4.78, 5) is 0. The number of aromatic nitrogens is 2. The molecule has 1 heterocycles. The molecule has 0 aliphatic heterocycles. The van der Waals surface area contributed by atoms with Gasteiger partial charge < -0.3 is 10.5 Å². The van der Waals surface area contributed by atoms with Gasteiger partial charge in [0.25, 0.3) is 0 Å². The van der Waals surface area contributed by atoms with Gasteiger partial charge in [0.2, 0.25) is 0 Å². The molecule has 0 saturated heterocycles. The van der Waals surface area contributed by atoms with E-state index in [0.29, 0.717) is 6.04 Å². The Hall–Kier alpha value is -1.33. The summed E-state index contributed by atoms with van der Waals surface area (Å²) in [5.74, 6) is 1.49. The Morgan fingerprint density at radius 3 is 2.53 bits per heavy atom. The monoisotopic (exact) mass is 323 g/mol. The third-order valence-corrected chi connectivity index (χ3v) is 3.49. The number of hydrogen-bond acceptors (Lipinski definition) is 3. The van der Waals surface area contributed by atoms with Crippen molar-refractivity contribution in [3.63, 3.8) is 0 Å².